The molecule has 1 aliphatic rings. The fourth-order valence-corrected chi connectivity index (χ4v) is 3.41. The van der Waals surface area contributed by atoms with E-state index in [1.807, 2.05) is 31.0 Å². The smallest absolute Gasteiger partial charge is 0.258 e. The molecule has 0 unspecified atom stereocenters. The molecule has 0 aromatic carbocycles. The highest BCUT2D eigenvalue weighted by Crippen LogP contribution is 2.26. The van der Waals surface area contributed by atoms with E-state index in [1.165, 1.54) is 11.5 Å². The Labute approximate surface area is 133 Å². The quantitative estimate of drug-likeness (QED) is 0.936. The summed E-state index contributed by atoms with van der Waals surface area (Å²) in [5.74, 6) is 0.0741. The summed E-state index contributed by atoms with van der Waals surface area (Å²) in [4.78, 5) is 21.0. The van der Waals surface area contributed by atoms with Crippen LogP contribution < -0.4 is 10.2 Å². The zero-order chi connectivity index (χ0) is 15.5. The van der Waals surface area contributed by atoms with E-state index in [9.17, 15) is 4.79 Å². The number of rotatable bonds is 3. The SMILES string of the molecule is CNc1snc(C)c1C(=O)N1CCN(c2ccncc2)CC1. The van der Waals surface area contributed by atoms with Crippen LogP contribution in [0.1, 0.15) is 16.1 Å². The summed E-state index contributed by atoms with van der Waals surface area (Å²) in [5.41, 5.74) is 2.67. The monoisotopic (exact) mass is 317 g/mol. The van der Waals surface area contributed by atoms with Gasteiger partial charge in [-0.25, -0.2) is 0 Å². The van der Waals surface area contributed by atoms with Crippen molar-refractivity contribution in [2.75, 3.05) is 43.4 Å². The van der Waals surface area contributed by atoms with Gasteiger partial charge in [0.1, 0.15) is 5.00 Å². The van der Waals surface area contributed by atoms with Gasteiger partial charge in [0.2, 0.25) is 0 Å². The van der Waals surface area contributed by atoms with Gasteiger partial charge in [-0.15, -0.1) is 0 Å². The first-order valence-electron chi connectivity index (χ1n) is 7.29. The number of hydrogen-bond acceptors (Lipinski definition) is 6. The van der Waals surface area contributed by atoms with Gasteiger partial charge in [-0.3, -0.25) is 9.78 Å². The standard InChI is InChI=1S/C15H19N5OS/c1-11-13(14(16-2)22-18-11)15(21)20-9-7-19(8-10-20)12-3-5-17-6-4-12/h3-6,16H,7-10H2,1-2H3. The zero-order valence-corrected chi connectivity index (χ0v) is 13.6. The molecule has 0 atom stereocenters. The Balaban J connectivity index is 1.69. The van der Waals surface area contributed by atoms with Crippen LogP contribution in [0.4, 0.5) is 10.7 Å². The van der Waals surface area contributed by atoms with Crippen molar-refractivity contribution in [2.45, 2.75) is 6.92 Å². The molecule has 2 aromatic rings. The summed E-state index contributed by atoms with van der Waals surface area (Å²) in [6.07, 6.45) is 3.60. The lowest BCUT2D eigenvalue weighted by molar-refractivity contribution is 0.0747. The number of anilines is 2. The Bertz CT molecular complexity index is 649. The summed E-state index contributed by atoms with van der Waals surface area (Å²) in [6, 6.07) is 4.01. The van der Waals surface area contributed by atoms with E-state index in [0.717, 1.165) is 42.6 Å². The summed E-state index contributed by atoms with van der Waals surface area (Å²) >= 11 is 1.34. The van der Waals surface area contributed by atoms with Crippen LogP contribution in [0.3, 0.4) is 0 Å². The maximum absolute atomic E-state index is 12.7. The molecule has 3 rings (SSSR count). The number of nitrogens with zero attached hydrogens (tertiary/aromatic N) is 4. The molecule has 1 saturated heterocycles. The van der Waals surface area contributed by atoms with Gasteiger partial charge in [0, 0.05) is 51.3 Å². The molecule has 1 fully saturated rings. The fraction of sp³-hybridized carbons (Fsp3) is 0.400. The summed E-state index contributed by atoms with van der Waals surface area (Å²) in [6.45, 7) is 5.00. The molecule has 1 amide bonds. The van der Waals surface area contributed by atoms with Gasteiger partial charge in [0.25, 0.3) is 5.91 Å². The summed E-state index contributed by atoms with van der Waals surface area (Å²) in [5, 5.41) is 3.91. The molecule has 0 aliphatic carbocycles. The molecular weight excluding hydrogens is 298 g/mol. The Morgan fingerprint density at radius 1 is 1.23 bits per heavy atom. The van der Waals surface area contributed by atoms with Crippen LogP contribution in [0.2, 0.25) is 0 Å². The highest BCUT2D eigenvalue weighted by Gasteiger charge is 2.26. The first kappa shape index (κ1) is 14.8. The second kappa shape index (κ2) is 6.31. The first-order valence-corrected chi connectivity index (χ1v) is 8.06. The van der Waals surface area contributed by atoms with Gasteiger partial charge < -0.3 is 15.1 Å². The molecule has 1 N–H and O–H groups in total. The lowest BCUT2D eigenvalue weighted by Gasteiger charge is -2.36. The van der Waals surface area contributed by atoms with E-state index < -0.39 is 0 Å². The van der Waals surface area contributed by atoms with Crippen molar-refractivity contribution in [1.82, 2.24) is 14.3 Å². The number of aryl methyl sites for hydroxylation is 1. The lowest BCUT2D eigenvalue weighted by Crippen LogP contribution is -2.49. The number of carbonyl (C=O) groups is 1. The van der Waals surface area contributed by atoms with E-state index in [2.05, 4.69) is 19.6 Å². The normalized spacial score (nSPS) is 15.0. The van der Waals surface area contributed by atoms with Gasteiger partial charge in [0.05, 0.1) is 11.3 Å². The van der Waals surface area contributed by atoms with Crippen LogP contribution in [-0.2, 0) is 0 Å². The third-order valence-corrected chi connectivity index (χ3v) is 4.85. The fourth-order valence-electron chi connectivity index (χ4n) is 2.67. The Kier molecular flexibility index (Phi) is 4.24. The van der Waals surface area contributed by atoms with E-state index >= 15 is 0 Å². The molecule has 0 radical (unpaired) electrons. The topological polar surface area (TPSA) is 61.4 Å². The van der Waals surface area contributed by atoms with Crippen LogP contribution in [0.25, 0.3) is 0 Å². The van der Waals surface area contributed by atoms with Crippen LogP contribution in [0, 0.1) is 6.92 Å². The molecule has 0 bridgehead atoms. The maximum atomic E-state index is 12.7. The van der Waals surface area contributed by atoms with Crippen molar-refractivity contribution < 1.29 is 4.79 Å². The third kappa shape index (κ3) is 2.76. The van der Waals surface area contributed by atoms with Crippen molar-refractivity contribution in [2.24, 2.45) is 0 Å². The van der Waals surface area contributed by atoms with Crippen molar-refractivity contribution in [1.29, 1.82) is 0 Å². The Morgan fingerprint density at radius 2 is 1.91 bits per heavy atom. The minimum Gasteiger partial charge on any atom is -0.378 e. The molecule has 0 saturated carbocycles. The second-order valence-corrected chi connectivity index (χ2v) is 5.98. The van der Waals surface area contributed by atoms with E-state index in [4.69, 9.17) is 0 Å². The summed E-state index contributed by atoms with van der Waals surface area (Å²) in [7, 11) is 1.82. The Hall–Kier alpha value is -2.15. The number of hydrogen-bond donors (Lipinski definition) is 1. The molecule has 0 spiro atoms. The predicted molar refractivity (Wildman–Crippen MR) is 88.8 cm³/mol. The average Bonchev–Trinajstić information content (AvgIpc) is 2.96. The van der Waals surface area contributed by atoms with Crippen molar-refractivity contribution >= 4 is 28.1 Å². The second-order valence-electron chi connectivity index (χ2n) is 5.21. The van der Waals surface area contributed by atoms with Crippen LogP contribution in [0.15, 0.2) is 24.5 Å². The maximum Gasteiger partial charge on any atom is 0.258 e. The molecule has 7 heteroatoms. The summed E-state index contributed by atoms with van der Waals surface area (Å²) < 4.78 is 4.28. The van der Waals surface area contributed by atoms with Crippen LogP contribution in [0.5, 0.6) is 0 Å². The average molecular weight is 317 g/mol. The third-order valence-electron chi connectivity index (χ3n) is 3.90. The van der Waals surface area contributed by atoms with E-state index in [1.54, 1.807) is 12.4 Å². The Morgan fingerprint density at radius 3 is 2.55 bits per heavy atom. The number of piperazine rings is 1. The highest BCUT2D eigenvalue weighted by molar-refractivity contribution is 7.10. The number of amides is 1. The van der Waals surface area contributed by atoms with E-state index in [-0.39, 0.29) is 5.91 Å². The number of nitrogens with one attached hydrogen (secondary N) is 1. The van der Waals surface area contributed by atoms with Crippen LogP contribution in [-0.4, -0.2) is 53.4 Å². The zero-order valence-electron chi connectivity index (χ0n) is 12.7. The predicted octanol–water partition coefficient (Wildman–Crippen LogP) is 1.85. The first-order chi connectivity index (χ1) is 10.7. The molecule has 3 heterocycles. The lowest BCUT2D eigenvalue weighted by atomic mass is 10.2. The molecule has 1 aliphatic heterocycles. The van der Waals surface area contributed by atoms with Crippen LogP contribution >= 0.6 is 11.5 Å². The van der Waals surface area contributed by atoms with Gasteiger partial charge in [0.15, 0.2) is 0 Å². The largest absolute Gasteiger partial charge is 0.378 e. The molecule has 6 nitrogen and oxygen atoms in total. The minimum absolute atomic E-state index is 0.0741. The minimum atomic E-state index is 0.0741. The molecule has 2 aromatic heterocycles. The number of pyridine rings is 1. The molecular formula is C15H19N5OS. The molecule has 22 heavy (non-hydrogen) atoms. The molecule has 116 valence electrons. The van der Waals surface area contributed by atoms with Crippen molar-refractivity contribution in [3.63, 3.8) is 0 Å². The number of carbonyl (C=O) groups excluding carboxylic acids is 1. The van der Waals surface area contributed by atoms with Gasteiger partial charge in [-0.05, 0) is 30.6 Å². The van der Waals surface area contributed by atoms with Gasteiger partial charge in [-0.1, -0.05) is 0 Å². The van der Waals surface area contributed by atoms with Crippen molar-refractivity contribution in [3.8, 4) is 0 Å². The van der Waals surface area contributed by atoms with Gasteiger partial charge in [-0.2, -0.15) is 4.37 Å². The highest BCUT2D eigenvalue weighted by atomic mass is 32.1. The number of aromatic nitrogens is 2. The van der Waals surface area contributed by atoms with Crippen molar-refractivity contribution in [3.05, 3.63) is 35.8 Å². The van der Waals surface area contributed by atoms with Gasteiger partial charge >= 0.3 is 0 Å². The van der Waals surface area contributed by atoms with E-state index in [0.29, 0.717) is 5.56 Å².